The highest BCUT2D eigenvalue weighted by Crippen LogP contribution is 2.08. The Morgan fingerprint density at radius 2 is 1.94 bits per heavy atom. The van der Waals surface area contributed by atoms with Gasteiger partial charge >= 0.3 is 5.97 Å². The summed E-state index contributed by atoms with van der Waals surface area (Å²) < 4.78 is 5.41. The first-order valence-electron chi connectivity index (χ1n) is 5.42. The molecule has 1 atom stereocenters. The van der Waals surface area contributed by atoms with E-state index in [2.05, 4.69) is 5.32 Å². The van der Waals surface area contributed by atoms with Crippen molar-refractivity contribution in [2.45, 2.75) is 52.2 Å². The third-order valence-corrected chi connectivity index (χ3v) is 1.90. The predicted molar refractivity (Wildman–Crippen MR) is 60.2 cm³/mol. The van der Waals surface area contributed by atoms with Crippen LogP contribution in [-0.2, 0) is 14.3 Å². The maximum atomic E-state index is 11.1. The van der Waals surface area contributed by atoms with E-state index in [0.717, 1.165) is 0 Å². The molecule has 0 bridgehead atoms. The van der Waals surface area contributed by atoms with Crippen molar-refractivity contribution >= 4 is 11.9 Å². The van der Waals surface area contributed by atoms with Crippen molar-refractivity contribution < 1.29 is 19.4 Å². The van der Waals surface area contributed by atoms with Gasteiger partial charge in [-0.05, 0) is 20.8 Å². The van der Waals surface area contributed by atoms with Gasteiger partial charge in [0.15, 0.2) is 0 Å². The third-order valence-electron chi connectivity index (χ3n) is 1.90. The molecule has 0 heterocycles. The first kappa shape index (κ1) is 14.9. The minimum Gasteiger partial charge on any atom is -0.480 e. The van der Waals surface area contributed by atoms with Crippen molar-refractivity contribution in [2.24, 2.45) is 0 Å². The molecule has 0 rings (SSSR count). The Kier molecular flexibility index (Phi) is 6.03. The number of hydrogen-bond acceptors (Lipinski definition) is 3. The molecule has 0 aromatic rings. The predicted octanol–water partition coefficient (Wildman–Crippen LogP) is 1.17. The first-order valence-corrected chi connectivity index (χ1v) is 5.42. The van der Waals surface area contributed by atoms with Crippen molar-refractivity contribution in [2.75, 3.05) is 6.61 Å². The van der Waals surface area contributed by atoms with Crippen LogP contribution in [0.1, 0.15) is 40.5 Å². The van der Waals surface area contributed by atoms with Gasteiger partial charge in [-0.15, -0.1) is 0 Å². The molecule has 0 spiro atoms. The lowest BCUT2D eigenvalue weighted by Gasteiger charge is -2.21. The Labute approximate surface area is 96.2 Å². The van der Waals surface area contributed by atoms with Gasteiger partial charge in [0.1, 0.15) is 6.04 Å². The van der Waals surface area contributed by atoms with E-state index in [1.165, 1.54) is 0 Å². The number of hydrogen-bond donors (Lipinski definition) is 2. The fourth-order valence-corrected chi connectivity index (χ4v) is 1.04. The minimum atomic E-state index is -1.03. The van der Waals surface area contributed by atoms with Crippen LogP contribution in [0, 0.1) is 0 Å². The van der Waals surface area contributed by atoms with Gasteiger partial charge in [-0.2, -0.15) is 0 Å². The number of amides is 1. The molecule has 1 unspecified atom stereocenters. The molecular formula is C11H21NO4. The van der Waals surface area contributed by atoms with Crippen LogP contribution >= 0.6 is 0 Å². The van der Waals surface area contributed by atoms with Crippen molar-refractivity contribution in [1.82, 2.24) is 5.32 Å². The second kappa shape index (κ2) is 6.48. The Balaban J connectivity index is 4.05. The first-order chi connectivity index (χ1) is 7.26. The average molecular weight is 231 g/mol. The summed E-state index contributed by atoms with van der Waals surface area (Å²) >= 11 is 0. The van der Waals surface area contributed by atoms with Crippen LogP contribution in [0.5, 0.6) is 0 Å². The number of aliphatic carboxylic acids is 1. The molecule has 5 nitrogen and oxygen atoms in total. The number of carbonyl (C=O) groups excluding carboxylic acids is 1. The van der Waals surface area contributed by atoms with E-state index >= 15 is 0 Å². The molecule has 2 N–H and O–H groups in total. The van der Waals surface area contributed by atoms with Gasteiger partial charge in [0, 0.05) is 19.4 Å². The summed E-state index contributed by atoms with van der Waals surface area (Å²) in [6, 6.07) is -0.866. The molecule has 0 saturated carbocycles. The minimum absolute atomic E-state index is 0.261. The summed E-state index contributed by atoms with van der Waals surface area (Å²) in [6.07, 6.45) is 0.558. The lowest BCUT2D eigenvalue weighted by atomic mass is 10.1. The van der Waals surface area contributed by atoms with E-state index in [1.807, 2.05) is 20.8 Å². The smallest absolute Gasteiger partial charge is 0.326 e. The van der Waals surface area contributed by atoms with E-state index < -0.39 is 12.0 Å². The van der Waals surface area contributed by atoms with Gasteiger partial charge in [0.05, 0.1) is 5.60 Å². The number of carboxylic acids is 1. The average Bonchev–Trinajstić information content (AvgIpc) is 2.13. The molecule has 0 radical (unpaired) electrons. The summed E-state index contributed by atoms with van der Waals surface area (Å²) in [5.41, 5.74) is -0.294. The number of nitrogens with one attached hydrogen (secondary N) is 1. The lowest BCUT2D eigenvalue weighted by Crippen LogP contribution is -2.41. The molecule has 0 aliphatic rings. The second-order valence-electron chi connectivity index (χ2n) is 4.56. The second-order valence-corrected chi connectivity index (χ2v) is 4.56. The normalized spacial score (nSPS) is 13.2. The van der Waals surface area contributed by atoms with E-state index in [1.54, 1.807) is 6.92 Å². The number of rotatable bonds is 6. The molecule has 0 aromatic carbocycles. The molecule has 0 aliphatic heterocycles. The Morgan fingerprint density at radius 1 is 1.38 bits per heavy atom. The number of carboxylic acid groups (broad SMARTS) is 1. The molecule has 16 heavy (non-hydrogen) atoms. The molecule has 0 fully saturated rings. The van der Waals surface area contributed by atoms with Crippen LogP contribution < -0.4 is 5.32 Å². The van der Waals surface area contributed by atoms with E-state index in [9.17, 15) is 9.59 Å². The van der Waals surface area contributed by atoms with E-state index in [4.69, 9.17) is 9.84 Å². The van der Waals surface area contributed by atoms with Crippen LogP contribution in [0.3, 0.4) is 0 Å². The Morgan fingerprint density at radius 3 is 2.31 bits per heavy atom. The fraction of sp³-hybridized carbons (Fsp3) is 0.818. The zero-order valence-electron chi connectivity index (χ0n) is 10.4. The summed E-state index contributed by atoms with van der Waals surface area (Å²) in [7, 11) is 0. The zero-order chi connectivity index (χ0) is 12.8. The van der Waals surface area contributed by atoms with Crippen molar-refractivity contribution in [3.63, 3.8) is 0 Å². The highest BCUT2D eigenvalue weighted by molar-refractivity contribution is 5.83. The maximum Gasteiger partial charge on any atom is 0.326 e. The van der Waals surface area contributed by atoms with Crippen molar-refractivity contribution in [1.29, 1.82) is 0 Å². The van der Waals surface area contributed by atoms with Crippen LogP contribution in [0.2, 0.25) is 0 Å². The topological polar surface area (TPSA) is 75.6 Å². The highest BCUT2D eigenvalue weighted by atomic mass is 16.5. The molecule has 0 aliphatic carbocycles. The fourth-order valence-electron chi connectivity index (χ4n) is 1.04. The number of ether oxygens (including phenoxy) is 1. The lowest BCUT2D eigenvalue weighted by molar-refractivity contribution is -0.142. The largest absolute Gasteiger partial charge is 0.480 e. The van der Waals surface area contributed by atoms with Gasteiger partial charge in [-0.1, -0.05) is 6.92 Å². The van der Waals surface area contributed by atoms with E-state index in [0.29, 0.717) is 6.61 Å². The van der Waals surface area contributed by atoms with E-state index in [-0.39, 0.29) is 24.3 Å². The van der Waals surface area contributed by atoms with Gasteiger partial charge in [-0.3, -0.25) is 4.79 Å². The zero-order valence-corrected chi connectivity index (χ0v) is 10.4. The summed E-state index contributed by atoms with van der Waals surface area (Å²) in [6.45, 7) is 7.68. The summed E-state index contributed by atoms with van der Waals surface area (Å²) in [5.74, 6) is -1.29. The monoisotopic (exact) mass is 231 g/mol. The standard InChI is InChI=1S/C11H21NO4/c1-5-9(13)12-8(10(14)15)6-7-16-11(2,3)4/h8H,5-7H2,1-4H3,(H,12,13)(H,14,15). The van der Waals surface area contributed by atoms with Crippen LogP contribution in [-0.4, -0.2) is 35.2 Å². The van der Waals surface area contributed by atoms with Crippen molar-refractivity contribution in [3.8, 4) is 0 Å². The quantitative estimate of drug-likeness (QED) is 0.719. The third kappa shape index (κ3) is 7.23. The maximum absolute atomic E-state index is 11.1. The van der Waals surface area contributed by atoms with Gasteiger partial charge < -0.3 is 15.2 Å². The molecular weight excluding hydrogens is 210 g/mol. The summed E-state index contributed by atoms with van der Waals surface area (Å²) in [5, 5.41) is 11.3. The molecule has 94 valence electrons. The van der Waals surface area contributed by atoms with Gasteiger partial charge in [0.25, 0.3) is 0 Å². The molecule has 5 heteroatoms. The highest BCUT2D eigenvalue weighted by Gasteiger charge is 2.20. The molecule has 1 amide bonds. The van der Waals surface area contributed by atoms with Crippen LogP contribution in [0.25, 0.3) is 0 Å². The SMILES string of the molecule is CCC(=O)NC(CCOC(C)(C)C)C(=O)O. The number of carbonyl (C=O) groups is 2. The van der Waals surface area contributed by atoms with Crippen LogP contribution in [0.15, 0.2) is 0 Å². The molecule has 0 saturated heterocycles. The molecule has 0 aromatic heterocycles. The Hall–Kier alpha value is -1.10. The summed E-state index contributed by atoms with van der Waals surface area (Å²) in [4.78, 5) is 21.9. The van der Waals surface area contributed by atoms with Crippen molar-refractivity contribution in [3.05, 3.63) is 0 Å². The van der Waals surface area contributed by atoms with Gasteiger partial charge in [-0.25, -0.2) is 4.79 Å². The Bertz CT molecular complexity index is 245. The van der Waals surface area contributed by atoms with Crippen LogP contribution in [0.4, 0.5) is 0 Å². The van der Waals surface area contributed by atoms with Gasteiger partial charge in [0.2, 0.25) is 5.91 Å².